The zero-order valence-electron chi connectivity index (χ0n) is 13.6. The third-order valence-electron chi connectivity index (χ3n) is 4.37. The topological polar surface area (TPSA) is 61.9 Å². The highest BCUT2D eigenvalue weighted by Gasteiger charge is 2.31. The predicted octanol–water partition coefficient (Wildman–Crippen LogP) is 1.37. The van der Waals surface area contributed by atoms with Crippen molar-refractivity contribution in [2.45, 2.75) is 18.9 Å². The van der Waals surface area contributed by atoms with Gasteiger partial charge in [0.05, 0.1) is 6.54 Å². The van der Waals surface area contributed by atoms with Crippen LogP contribution in [-0.2, 0) is 14.3 Å². The second kappa shape index (κ2) is 8.89. The van der Waals surface area contributed by atoms with Crippen molar-refractivity contribution in [1.82, 2.24) is 9.80 Å². The van der Waals surface area contributed by atoms with E-state index in [0.29, 0.717) is 32.8 Å². The van der Waals surface area contributed by atoms with Gasteiger partial charge in [0.1, 0.15) is 6.10 Å². The molecular formula is C17H24ClN3O3. The van der Waals surface area contributed by atoms with E-state index in [1.54, 1.807) is 0 Å². The number of hydrogen-bond acceptors (Lipinski definition) is 4. The first-order valence-electron chi connectivity index (χ1n) is 8.21. The van der Waals surface area contributed by atoms with Crippen LogP contribution in [-0.4, -0.2) is 67.0 Å². The van der Waals surface area contributed by atoms with Crippen molar-refractivity contribution in [3.05, 3.63) is 30.3 Å². The Morgan fingerprint density at radius 1 is 1.08 bits per heavy atom. The van der Waals surface area contributed by atoms with Gasteiger partial charge in [-0.15, -0.1) is 12.4 Å². The van der Waals surface area contributed by atoms with Crippen molar-refractivity contribution >= 4 is 29.9 Å². The summed E-state index contributed by atoms with van der Waals surface area (Å²) >= 11 is 0. The molecule has 1 N–H and O–H groups in total. The molecule has 1 atom stereocenters. The van der Waals surface area contributed by atoms with Gasteiger partial charge < -0.3 is 19.9 Å². The second-order valence-corrected chi connectivity index (χ2v) is 5.93. The van der Waals surface area contributed by atoms with Crippen molar-refractivity contribution in [2.24, 2.45) is 0 Å². The third-order valence-corrected chi connectivity index (χ3v) is 4.37. The van der Waals surface area contributed by atoms with Gasteiger partial charge in [-0.3, -0.25) is 9.59 Å². The maximum Gasteiger partial charge on any atom is 0.251 e. The molecule has 132 valence electrons. The molecular weight excluding hydrogens is 330 g/mol. The van der Waals surface area contributed by atoms with Crippen molar-refractivity contribution in [3.63, 3.8) is 0 Å². The molecule has 2 aliphatic rings. The minimum absolute atomic E-state index is 0. The Labute approximate surface area is 148 Å². The zero-order valence-corrected chi connectivity index (χ0v) is 14.5. The van der Waals surface area contributed by atoms with Crippen molar-refractivity contribution in [3.8, 4) is 0 Å². The quantitative estimate of drug-likeness (QED) is 0.888. The molecule has 0 aromatic heterocycles. The number of nitrogens with zero attached hydrogens (tertiary/aromatic N) is 2. The normalized spacial score (nSPS) is 20.4. The lowest BCUT2D eigenvalue weighted by molar-refractivity contribution is -0.145. The Balaban J connectivity index is 0.00000208. The fraction of sp³-hybridized carbons (Fsp3) is 0.529. The second-order valence-electron chi connectivity index (χ2n) is 5.93. The SMILES string of the molecule is Cl.O=C(CNc1ccccc1)N1CCN(C(=O)C2CCCO2)CC1. The van der Waals surface area contributed by atoms with E-state index in [2.05, 4.69) is 5.32 Å². The van der Waals surface area contributed by atoms with Crippen LogP contribution >= 0.6 is 12.4 Å². The van der Waals surface area contributed by atoms with E-state index in [1.807, 2.05) is 40.1 Å². The number of anilines is 1. The molecule has 6 nitrogen and oxygen atoms in total. The molecule has 7 heteroatoms. The monoisotopic (exact) mass is 353 g/mol. The molecule has 0 spiro atoms. The summed E-state index contributed by atoms with van der Waals surface area (Å²) in [6.45, 7) is 3.33. The average molecular weight is 354 g/mol. The summed E-state index contributed by atoms with van der Waals surface area (Å²) in [4.78, 5) is 28.2. The van der Waals surface area contributed by atoms with Gasteiger partial charge in [-0.05, 0) is 25.0 Å². The Hall–Kier alpha value is -1.79. The van der Waals surface area contributed by atoms with Gasteiger partial charge in [-0.1, -0.05) is 18.2 Å². The van der Waals surface area contributed by atoms with Crippen LogP contribution in [0.4, 0.5) is 5.69 Å². The molecule has 2 amide bonds. The van der Waals surface area contributed by atoms with Crippen LogP contribution in [0.2, 0.25) is 0 Å². The van der Waals surface area contributed by atoms with E-state index >= 15 is 0 Å². The lowest BCUT2D eigenvalue weighted by Gasteiger charge is -2.35. The fourth-order valence-electron chi connectivity index (χ4n) is 3.00. The summed E-state index contributed by atoms with van der Waals surface area (Å²) in [5.41, 5.74) is 0.938. The van der Waals surface area contributed by atoms with E-state index in [-0.39, 0.29) is 36.9 Å². The van der Waals surface area contributed by atoms with Crippen molar-refractivity contribution in [2.75, 3.05) is 44.6 Å². The van der Waals surface area contributed by atoms with E-state index in [0.717, 1.165) is 18.5 Å². The van der Waals surface area contributed by atoms with Crippen LogP contribution in [0.25, 0.3) is 0 Å². The van der Waals surface area contributed by atoms with Crippen LogP contribution in [0.5, 0.6) is 0 Å². The lowest BCUT2D eigenvalue weighted by Crippen LogP contribution is -2.53. The summed E-state index contributed by atoms with van der Waals surface area (Å²) in [5, 5.41) is 3.13. The summed E-state index contributed by atoms with van der Waals surface area (Å²) in [6, 6.07) is 9.68. The maximum absolute atomic E-state index is 12.3. The zero-order chi connectivity index (χ0) is 16.1. The fourth-order valence-corrected chi connectivity index (χ4v) is 3.00. The standard InChI is InChI=1S/C17H23N3O3.ClH/c21-16(13-18-14-5-2-1-3-6-14)19-8-10-20(11-9-19)17(22)15-7-4-12-23-15;/h1-3,5-6,15,18H,4,7-13H2;1H. The largest absolute Gasteiger partial charge is 0.376 e. The highest BCUT2D eigenvalue weighted by Crippen LogP contribution is 2.16. The lowest BCUT2D eigenvalue weighted by atomic mass is 10.2. The number of ether oxygens (including phenoxy) is 1. The Kier molecular flexibility index (Phi) is 6.87. The number of rotatable bonds is 4. The van der Waals surface area contributed by atoms with E-state index < -0.39 is 0 Å². The number of benzene rings is 1. The average Bonchev–Trinajstić information content (AvgIpc) is 3.15. The van der Waals surface area contributed by atoms with Gasteiger partial charge in [-0.2, -0.15) is 0 Å². The first-order valence-corrected chi connectivity index (χ1v) is 8.21. The van der Waals surface area contributed by atoms with Gasteiger partial charge in [0.2, 0.25) is 5.91 Å². The summed E-state index contributed by atoms with van der Waals surface area (Å²) in [7, 11) is 0. The van der Waals surface area contributed by atoms with Crippen LogP contribution in [0.1, 0.15) is 12.8 Å². The number of hydrogen-bond donors (Lipinski definition) is 1. The molecule has 0 aliphatic carbocycles. The summed E-state index contributed by atoms with van der Waals surface area (Å²) in [5.74, 6) is 0.148. The van der Waals surface area contributed by atoms with Crippen molar-refractivity contribution < 1.29 is 14.3 Å². The minimum atomic E-state index is -0.267. The number of halogens is 1. The van der Waals surface area contributed by atoms with Gasteiger partial charge in [0, 0.05) is 38.5 Å². The molecule has 2 fully saturated rings. The van der Waals surface area contributed by atoms with Gasteiger partial charge in [0.25, 0.3) is 5.91 Å². The van der Waals surface area contributed by atoms with Gasteiger partial charge >= 0.3 is 0 Å². The van der Waals surface area contributed by atoms with E-state index in [4.69, 9.17) is 4.74 Å². The first kappa shape index (κ1) is 18.5. The Morgan fingerprint density at radius 2 is 1.75 bits per heavy atom. The molecule has 0 radical (unpaired) electrons. The molecule has 1 unspecified atom stereocenters. The van der Waals surface area contributed by atoms with Crippen LogP contribution in [0.15, 0.2) is 30.3 Å². The highest BCUT2D eigenvalue weighted by atomic mass is 35.5. The molecule has 3 rings (SSSR count). The molecule has 2 saturated heterocycles. The minimum Gasteiger partial charge on any atom is -0.376 e. The Morgan fingerprint density at radius 3 is 2.38 bits per heavy atom. The number of nitrogens with one attached hydrogen (secondary N) is 1. The van der Waals surface area contributed by atoms with Crippen molar-refractivity contribution in [1.29, 1.82) is 0 Å². The van der Waals surface area contributed by atoms with Gasteiger partial charge in [-0.25, -0.2) is 0 Å². The number of carbonyl (C=O) groups is 2. The molecule has 0 bridgehead atoms. The number of piperazine rings is 1. The van der Waals surface area contributed by atoms with E-state index in [9.17, 15) is 9.59 Å². The first-order chi connectivity index (χ1) is 11.2. The predicted molar refractivity (Wildman–Crippen MR) is 94.3 cm³/mol. The molecule has 2 aliphatic heterocycles. The highest BCUT2D eigenvalue weighted by molar-refractivity contribution is 5.85. The third kappa shape index (κ3) is 4.61. The number of carbonyl (C=O) groups excluding carboxylic acids is 2. The molecule has 2 heterocycles. The molecule has 1 aromatic rings. The summed E-state index contributed by atoms with van der Waals surface area (Å²) < 4.78 is 5.45. The maximum atomic E-state index is 12.3. The summed E-state index contributed by atoms with van der Waals surface area (Å²) in [6.07, 6.45) is 1.51. The smallest absolute Gasteiger partial charge is 0.251 e. The molecule has 0 saturated carbocycles. The van der Waals surface area contributed by atoms with E-state index in [1.165, 1.54) is 0 Å². The van der Waals surface area contributed by atoms with Crippen LogP contribution in [0, 0.1) is 0 Å². The number of para-hydroxylation sites is 1. The van der Waals surface area contributed by atoms with Gasteiger partial charge in [0.15, 0.2) is 0 Å². The Bertz CT molecular complexity index is 541. The van der Waals surface area contributed by atoms with Crippen LogP contribution in [0.3, 0.4) is 0 Å². The molecule has 1 aromatic carbocycles. The molecule has 24 heavy (non-hydrogen) atoms. The number of amides is 2. The van der Waals surface area contributed by atoms with Crippen LogP contribution < -0.4 is 5.32 Å².